The van der Waals surface area contributed by atoms with E-state index in [-0.39, 0.29) is 11.9 Å². The zero-order valence-corrected chi connectivity index (χ0v) is 14.1. The van der Waals surface area contributed by atoms with Gasteiger partial charge in [0.2, 0.25) is 0 Å². The molecule has 1 atom stereocenters. The number of amides is 1. The predicted molar refractivity (Wildman–Crippen MR) is 99.9 cm³/mol. The molecule has 2 rings (SSSR count). The Balaban J connectivity index is 2.08. The van der Waals surface area contributed by atoms with Gasteiger partial charge in [-0.2, -0.15) is 0 Å². The maximum Gasteiger partial charge on any atom is 0.253 e. The van der Waals surface area contributed by atoms with Crippen molar-refractivity contribution in [1.82, 2.24) is 5.32 Å². The summed E-state index contributed by atoms with van der Waals surface area (Å²) in [4.78, 5) is 12.4. The summed E-state index contributed by atoms with van der Waals surface area (Å²) in [5.74, 6) is -0.107. The number of carbonyl (C=O) groups excluding carboxylic acids is 1. The minimum atomic E-state index is -0.107. The van der Waals surface area contributed by atoms with Gasteiger partial charge in [0.1, 0.15) is 0 Å². The Labute approximate surface area is 142 Å². The molecule has 0 aliphatic carbocycles. The molecule has 0 aromatic heterocycles. The molecule has 1 amide bonds. The first-order valence-corrected chi connectivity index (χ1v) is 8.04. The molecule has 0 heterocycles. The van der Waals surface area contributed by atoms with E-state index < -0.39 is 0 Å². The fourth-order valence-corrected chi connectivity index (χ4v) is 2.23. The third-order valence-electron chi connectivity index (χ3n) is 3.44. The zero-order valence-electron chi connectivity index (χ0n) is 13.3. The van der Waals surface area contributed by atoms with Gasteiger partial charge in [-0.25, -0.2) is 0 Å². The van der Waals surface area contributed by atoms with E-state index >= 15 is 0 Å². The first-order valence-electron chi connectivity index (χ1n) is 7.63. The van der Waals surface area contributed by atoms with Crippen molar-refractivity contribution in [1.29, 1.82) is 0 Å². The van der Waals surface area contributed by atoms with Gasteiger partial charge in [-0.15, -0.1) is 0 Å². The minimum absolute atomic E-state index is 0.107. The van der Waals surface area contributed by atoms with E-state index in [2.05, 4.69) is 16.0 Å². The standard InChI is InChI=1S/C18H21N3OS/c1-3-13(2)19-17(22)15-11-7-8-12-16(15)21-18(23)20-14-9-5-4-6-10-14/h4-13H,3H2,1-2H3,(H,19,22)(H2,20,21,23)/t13-/m1/s1. The number of nitrogens with one attached hydrogen (secondary N) is 3. The molecule has 4 nitrogen and oxygen atoms in total. The molecule has 0 bridgehead atoms. The van der Waals surface area contributed by atoms with Gasteiger partial charge in [0.15, 0.2) is 5.11 Å². The van der Waals surface area contributed by atoms with Crippen LogP contribution in [0.15, 0.2) is 54.6 Å². The highest BCUT2D eigenvalue weighted by Crippen LogP contribution is 2.16. The average molecular weight is 327 g/mol. The van der Waals surface area contributed by atoms with Crippen molar-refractivity contribution in [3.05, 3.63) is 60.2 Å². The van der Waals surface area contributed by atoms with Crippen molar-refractivity contribution in [2.45, 2.75) is 26.3 Å². The van der Waals surface area contributed by atoms with Gasteiger partial charge in [0.05, 0.1) is 11.3 Å². The third-order valence-corrected chi connectivity index (χ3v) is 3.65. The first-order chi connectivity index (χ1) is 11.1. The van der Waals surface area contributed by atoms with Crippen molar-refractivity contribution >= 4 is 34.6 Å². The molecule has 5 heteroatoms. The molecule has 0 saturated heterocycles. The molecule has 0 aliphatic rings. The first kappa shape index (κ1) is 17.0. The topological polar surface area (TPSA) is 53.2 Å². The molecule has 0 fully saturated rings. The van der Waals surface area contributed by atoms with Crippen LogP contribution in [0.3, 0.4) is 0 Å². The number of anilines is 2. The highest BCUT2D eigenvalue weighted by Gasteiger charge is 2.13. The lowest BCUT2D eigenvalue weighted by atomic mass is 10.1. The minimum Gasteiger partial charge on any atom is -0.350 e. The Morgan fingerprint density at radius 2 is 1.70 bits per heavy atom. The number of para-hydroxylation sites is 2. The van der Waals surface area contributed by atoms with Crippen molar-refractivity contribution in [3.8, 4) is 0 Å². The average Bonchev–Trinajstić information content (AvgIpc) is 2.56. The lowest BCUT2D eigenvalue weighted by Crippen LogP contribution is -2.32. The second kappa shape index (κ2) is 8.29. The summed E-state index contributed by atoms with van der Waals surface area (Å²) in [6, 6.07) is 17.1. The van der Waals surface area contributed by atoms with E-state index in [9.17, 15) is 4.79 Å². The summed E-state index contributed by atoms with van der Waals surface area (Å²) >= 11 is 5.32. The number of hydrogen-bond donors (Lipinski definition) is 3. The number of rotatable bonds is 5. The van der Waals surface area contributed by atoms with E-state index in [0.717, 1.165) is 12.1 Å². The van der Waals surface area contributed by atoms with Gasteiger partial charge in [-0.05, 0) is 49.8 Å². The van der Waals surface area contributed by atoms with Crippen LogP contribution in [-0.2, 0) is 0 Å². The maximum absolute atomic E-state index is 12.4. The van der Waals surface area contributed by atoms with Crippen LogP contribution in [0.1, 0.15) is 30.6 Å². The van der Waals surface area contributed by atoms with Crippen LogP contribution in [0.5, 0.6) is 0 Å². The Bertz CT molecular complexity index is 673. The van der Waals surface area contributed by atoms with Crippen molar-refractivity contribution < 1.29 is 4.79 Å². The molecule has 120 valence electrons. The molecule has 2 aromatic rings. The van der Waals surface area contributed by atoms with Gasteiger partial charge >= 0.3 is 0 Å². The normalized spacial score (nSPS) is 11.4. The van der Waals surface area contributed by atoms with Crippen LogP contribution < -0.4 is 16.0 Å². The summed E-state index contributed by atoms with van der Waals surface area (Å²) in [5.41, 5.74) is 2.15. The van der Waals surface area contributed by atoms with Crippen LogP contribution in [0, 0.1) is 0 Å². The molecule has 2 aromatic carbocycles. The number of carbonyl (C=O) groups is 1. The SMILES string of the molecule is CC[C@@H](C)NC(=O)c1ccccc1NC(=S)Nc1ccccc1. The molecule has 0 unspecified atom stereocenters. The molecular weight excluding hydrogens is 306 g/mol. The van der Waals surface area contributed by atoms with E-state index in [1.54, 1.807) is 6.07 Å². The number of hydrogen-bond acceptors (Lipinski definition) is 2. The highest BCUT2D eigenvalue weighted by atomic mass is 32.1. The van der Waals surface area contributed by atoms with Gasteiger partial charge in [0.25, 0.3) is 5.91 Å². The molecule has 23 heavy (non-hydrogen) atoms. The third kappa shape index (κ3) is 5.07. The molecule has 0 aliphatic heterocycles. The van der Waals surface area contributed by atoms with E-state index in [0.29, 0.717) is 16.4 Å². The van der Waals surface area contributed by atoms with E-state index in [1.807, 2.05) is 62.4 Å². The lowest BCUT2D eigenvalue weighted by molar-refractivity contribution is 0.0940. The quantitative estimate of drug-likeness (QED) is 0.726. The summed E-state index contributed by atoms with van der Waals surface area (Å²) in [6.07, 6.45) is 0.884. The van der Waals surface area contributed by atoms with Gasteiger partial charge < -0.3 is 16.0 Å². The van der Waals surface area contributed by atoms with Crippen LogP contribution in [0.2, 0.25) is 0 Å². The summed E-state index contributed by atoms with van der Waals surface area (Å²) in [5, 5.41) is 9.60. The van der Waals surface area contributed by atoms with Crippen LogP contribution >= 0.6 is 12.2 Å². The molecule has 3 N–H and O–H groups in total. The molecule has 0 spiro atoms. The number of benzene rings is 2. The fourth-order valence-electron chi connectivity index (χ4n) is 2.00. The molecule has 0 saturated carbocycles. The molecule has 0 radical (unpaired) electrons. The summed E-state index contributed by atoms with van der Waals surface area (Å²) in [7, 11) is 0. The highest BCUT2D eigenvalue weighted by molar-refractivity contribution is 7.80. The second-order valence-corrected chi connectivity index (χ2v) is 5.68. The predicted octanol–water partition coefficient (Wildman–Crippen LogP) is 4.02. The Hall–Kier alpha value is -2.40. The van der Waals surface area contributed by atoms with Gasteiger partial charge in [-0.3, -0.25) is 4.79 Å². The van der Waals surface area contributed by atoms with Crippen LogP contribution in [0.25, 0.3) is 0 Å². The van der Waals surface area contributed by atoms with Gasteiger partial charge in [-0.1, -0.05) is 37.3 Å². The zero-order chi connectivity index (χ0) is 16.7. The Morgan fingerprint density at radius 1 is 1.04 bits per heavy atom. The fraction of sp³-hybridized carbons (Fsp3) is 0.222. The Morgan fingerprint density at radius 3 is 2.39 bits per heavy atom. The maximum atomic E-state index is 12.4. The van der Waals surface area contributed by atoms with Crippen molar-refractivity contribution in [2.75, 3.05) is 10.6 Å². The van der Waals surface area contributed by atoms with Crippen LogP contribution in [-0.4, -0.2) is 17.1 Å². The summed E-state index contributed by atoms with van der Waals surface area (Å²) in [6.45, 7) is 4.02. The second-order valence-electron chi connectivity index (χ2n) is 5.27. The lowest BCUT2D eigenvalue weighted by Gasteiger charge is -2.16. The van der Waals surface area contributed by atoms with E-state index in [1.165, 1.54) is 0 Å². The number of thiocarbonyl (C=S) groups is 1. The summed E-state index contributed by atoms with van der Waals surface area (Å²) < 4.78 is 0. The molecular formula is C18H21N3OS. The Kier molecular flexibility index (Phi) is 6.11. The van der Waals surface area contributed by atoms with Crippen molar-refractivity contribution in [2.24, 2.45) is 0 Å². The van der Waals surface area contributed by atoms with Gasteiger partial charge in [0, 0.05) is 11.7 Å². The smallest absolute Gasteiger partial charge is 0.253 e. The monoisotopic (exact) mass is 327 g/mol. The van der Waals surface area contributed by atoms with Crippen LogP contribution in [0.4, 0.5) is 11.4 Å². The largest absolute Gasteiger partial charge is 0.350 e. The van der Waals surface area contributed by atoms with E-state index in [4.69, 9.17) is 12.2 Å². The van der Waals surface area contributed by atoms with Crippen molar-refractivity contribution in [3.63, 3.8) is 0 Å².